The Hall–Kier alpha value is -1.92. The van der Waals surface area contributed by atoms with Gasteiger partial charge >= 0.3 is 0 Å². The van der Waals surface area contributed by atoms with Crippen molar-refractivity contribution in [3.05, 3.63) is 29.8 Å². The Morgan fingerprint density at radius 2 is 1.91 bits per heavy atom. The minimum absolute atomic E-state index is 0.0545. The first-order chi connectivity index (χ1) is 11.0. The fourth-order valence-electron chi connectivity index (χ4n) is 2.55. The average Bonchev–Trinajstić information content (AvgIpc) is 3.00. The Balaban J connectivity index is 1.66. The maximum Gasteiger partial charge on any atom is 0.279 e. The topological polar surface area (TPSA) is 71.9 Å². The molecule has 126 valence electrons. The van der Waals surface area contributed by atoms with Gasteiger partial charge in [-0.2, -0.15) is 0 Å². The zero-order chi connectivity index (χ0) is 16.7. The van der Waals surface area contributed by atoms with E-state index in [9.17, 15) is 9.59 Å². The van der Waals surface area contributed by atoms with E-state index in [4.69, 9.17) is 4.74 Å². The Kier molecular flexibility index (Phi) is 6.55. The van der Waals surface area contributed by atoms with E-state index in [1.165, 1.54) is 0 Å². The molecule has 0 radical (unpaired) electrons. The van der Waals surface area contributed by atoms with Crippen LogP contribution in [0, 0.1) is 6.92 Å². The number of nitrogens with one attached hydrogen (secondary N) is 3. The number of carbonyl (C=O) groups is 2. The molecule has 1 aliphatic heterocycles. The predicted molar refractivity (Wildman–Crippen MR) is 88.4 cm³/mol. The average molecular weight is 320 g/mol. The number of likely N-dealkylation sites (N-methyl/N-ethyl adjacent to an activating group) is 1. The first-order valence-electron chi connectivity index (χ1n) is 8.09. The second-order valence-corrected chi connectivity index (χ2v) is 6.16. The van der Waals surface area contributed by atoms with Crippen molar-refractivity contribution in [2.45, 2.75) is 25.9 Å². The second kappa shape index (κ2) is 8.64. The molecule has 1 aromatic rings. The van der Waals surface area contributed by atoms with Crippen LogP contribution in [0.25, 0.3) is 0 Å². The van der Waals surface area contributed by atoms with Crippen LogP contribution in [0.15, 0.2) is 24.3 Å². The molecule has 2 rings (SSSR count). The van der Waals surface area contributed by atoms with Crippen molar-refractivity contribution in [2.75, 3.05) is 38.6 Å². The van der Waals surface area contributed by atoms with E-state index in [0.717, 1.165) is 35.6 Å². The summed E-state index contributed by atoms with van der Waals surface area (Å²) in [5.41, 5.74) is 1.92. The number of benzene rings is 1. The van der Waals surface area contributed by atoms with Crippen molar-refractivity contribution < 1.29 is 19.2 Å². The number of aryl methyl sites for hydroxylation is 1. The van der Waals surface area contributed by atoms with Crippen molar-refractivity contribution in [1.82, 2.24) is 5.32 Å². The monoisotopic (exact) mass is 320 g/mol. The predicted octanol–water partition coefficient (Wildman–Crippen LogP) is -0.257. The van der Waals surface area contributed by atoms with E-state index in [2.05, 4.69) is 10.6 Å². The molecule has 6 heteroatoms. The summed E-state index contributed by atoms with van der Waals surface area (Å²) in [6.45, 7) is 3.86. The molecule has 6 nitrogen and oxygen atoms in total. The highest BCUT2D eigenvalue weighted by molar-refractivity contribution is 5.91. The maximum atomic E-state index is 12.0. The Morgan fingerprint density at radius 3 is 2.57 bits per heavy atom. The van der Waals surface area contributed by atoms with E-state index in [1.54, 1.807) is 0 Å². The number of rotatable bonds is 7. The van der Waals surface area contributed by atoms with Crippen molar-refractivity contribution in [2.24, 2.45) is 0 Å². The van der Waals surface area contributed by atoms with Crippen LogP contribution in [-0.4, -0.2) is 51.2 Å². The van der Waals surface area contributed by atoms with Crippen LogP contribution < -0.4 is 15.5 Å². The lowest BCUT2D eigenvalue weighted by molar-refractivity contribution is -0.862. The Bertz CT molecular complexity index is 524. The van der Waals surface area contributed by atoms with E-state index in [-0.39, 0.29) is 31.0 Å². The summed E-state index contributed by atoms with van der Waals surface area (Å²) >= 11 is 0. The molecule has 23 heavy (non-hydrogen) atoms. The molecule has 1 fully saturated rings. The number of hydrogen-bond acceptors (Lipinski definition) is 3. The van der Waals surface area contributed by atoms with Gasteiger partial charge in [0.15, 0.2) is 13.1 Å². The van der Waals surface area contributed by atoms with E-state index >= 15 is 0 Å². The number of ether oxygens (including phenoxy) is 1. The summed E-state index contributed by atoms with van der Waals surface area (Å²) in [4.78, 5) is 24.7. The van der Waals surface area contributed by atoms with Crippen LogP contribution in [0.4, 0.5) is 5.69 Å². The first-order valence-corrected chi connectivity index (χ1v) is 8.09. The molecular weight excluding hydrogens is 294 g/mol. The van der Waals surface area contributed by atoms with Gasteiger partial charge in [0.05, 0.1) is 13.2 Å². The molecule has 2 atom stereocenters. The molecule has 1 aromatic carbocycles. The van der Waals surface area contributed by atoms with Crippen LogP contribution in [0.3, 0.4) is 0 Å². The van der Waals surface area contributed by atoms with Gasteiger partial charge in [-0.05, 0) is 31.9 Å². The van der Waals surface area contributed by atoms with Gasteiger partial charge in [0.1, 0.15) is 0 Å². The fraction of sp³-hybridized carbons (Fsp3) is 0.529. The van der Waals surface area contributed by atoms with Crippen LogP contribution in [0.1, 0.15) is 18.4 Å². The third-order valence-corrected chi connectivity index (χ3v) is 3.81. The molecule has 3 N–H and O–H groups in total. The summed E-state index contributed by atoms with van der Waals surface area (Å²) < 4.78 is 5.46. The van der Waals surface area contributed by atoms with Gasteiger partial charge < -0.3 is 20.3 Å². The Labute approximate surface area is 137 Å². The Morgan fingerprint density at radius 1 is 1.22 bits per heavy atom. The molecule has 2 amide bonds. The largest absolute Gasteiger partial charge is 0.376 e. The molecule has 0 aliphatic carbocycles. The van der Waals surface area contributed by atoms with E-state index in [1.807, 2.05) is 38.2 Å². The second-order valence-electron chi connectivity index (χ2n) is 6.16. The highest BCUT2D eigenvalue weighted by Crippen LogP contribution is 2.10. The van der Waals surface area contributed by atoms with Gasteiger partial charge in [0.25, 0.3) is 11.8 Å². The lowest BCUT2D eigenvalue weighted by Crippen LogP contribution is -3.11. The lowest BCUT2D eigenvalue weighted by Gasteiger charge is -2.15. The van der Waals surface area contributed by atoms with Gasteiger partial charge in [0.2, 0.25) is 0 Å². The quantitative estimate of drug-likeness (QED) is 0.648. The van der Waals surface area contributed by atoms with Crippen LogP contribution >= 0.6 is 0 Å². The molecular formula is C17H26N3O3+. The van der Waals surface area contributed by atoms with Gasteiger partial charge in [-0.15, -0.1) is 0 Å². The van der Waals surface area contributed by atoms with Gasteiger partial charge in [-0.3, -0.25) is 9.59 Å². The third kappa shape index (κ3) is 6.38. The molecule has 0 bridgehead atoms. The molecule has 1 saturated heterocycles. The van der Waals surface area contributed by atoms with Crippen LogP contribution in [0.2, 0.25) is 0 Å². The highest BCUT2D eigenvalue weighted by Gasteiger charge is 2.18. The normalized spacial score (nSPS) is 18.4. The van der Waals surface area contributed by atoms with Crippen LogP contribution in [0.5, 0.6) is 0 Å². The molecule has 1 aliphatic rings. The molecule has 0 saturated carbocycles. The standard InChI is InChI=1S/C17H25N3O3/c1-13-5-7-14(8-6-13)19-17(22)12-20(2)11-16(21)18-10-15-4-3-9-23-15/h5-8,15H,3-4,9-12H2,1-2H3,(H,18,21)(H,19,22)/p+1/t15-/m1/s1. The van der Waals surface area contributed by atoms with Gasteiger partial charge in [-0.1, -0.05) is 17.7 Å². The molecule has 0 spiro atoms. The van der Waals surface area contributed by atoms with Crippen LogP contribution in [-0.2, 0) is 14.3 Å². The number of carbonyl (C=O) groups excluding carboxylic acids is 2. The summed E-state index contributed by atoms with van der Waals surface area (Å²) in [7, 11) is 1.83. The summed E-state index contributed by atoms with van der Waals surface area (Å²) in [6, 6.07) is 7.64. The highest BCUT2D eigenvalue weighted by atomic mass is 16.5. The van der Waals surface area contributed by atoms with Crippen molar-refractivity contribution in [1.29, 1.82) is 0 Å². The van der Waals surface area contributed by atoms with E-state index < -0.39 is 0 Å². The lowest BCUT2D eigenvalue weighted by atomic mass is 10.2. The smallest absolute Gasteiger partial charge is 0.279 e. The van der Waals surface area contributed by atoms with E-state index in [0.29, 0.717) is 6.54 Å². The summed E-state index contributed by atoms with van der Waals surface area (Å²) in [5, 5.41) is 5.71. The number of amides is 2. The molecule has 1 unspecified atom stereocenters. The van der Waals surface area contributed by atoms with Gasteiger partial charge in [-0.25, -0.2) is 0 Å². The first kappa shape index (κ1) is 17.4. The fourth-order valence-corrected chi connectivity index (χ4v) is 2.55. The summed E-state index contributed by atoms with van der Waals surface area (Å²) in [6.07, 6.45) is 2.20. The zero-order valence-electron chi connectivity index (χ0n) is 13.9. The minimum atomic E-state index is -0.0988. The van der Waals surface area contributed by atoms with Crippen molar-refractivity contribution in [3.8, 4) is 0 Å². The summed E-state index contributed by atoms with van der Waals surface area (Å²) in [5.74, 6) is -0.153. The van der Waals surface area contributed by atoms with Gasteiger partial charge in [0, 0.05) is 18.8 Å². The zero-order valence-corrected chi connectivity index (χ0v) is 13.9. The number of anilines is 1. The SMILES string of the molecule is Cc1ccc(NC(=O)C[NH+](C)CC(=O)NC[C@H]2CCCO2)cc1. The molecule has 0 aromatic heterocycles. The maximum absolute atomic E-state index is 12.0. The third-order valence-electron chi connectivity index (χ3n) is 3.81. The van der Waals surface area contributed by atoms with Crippen molar-refractivity contribution >= 4 is 17.5 Å². The van der Waals surface area contributed by atoms with Crippen molar-refractivity contribution in [3.63, 3.8) is 0 Å². The number of quaternary nitrogens is 1. The number of hydrogen-bond donors (Lipinski definition) is 3. The molecule has 1 heterocycles. The minimum Gasteiger partial charge on any atom is -0.376 e.